The van der Waals surface area contributed by atoms with Crippen molar-refractivity contribution in [2.24, 2.45) is 0 Å². The smallest absolute Gasteiger partial charge is 0.327 e. The average molecular weight is 408 g/mol. The molecule has 0 aromatic heterocycles. The van der Waals surface area contributed by atoms with Crippen LogP contribution < -0.4 is 16.2 Å². The molecule has 1 aromatic carbocycles. The monoisotopic (exact) mass is 407 g/mol. The average Bonchev–Trinajstić information content (AvgIpc) is 3.22. The van der Waals surface area contributed by atoms with Gasteiger partial charge in [-0.3, -0.25) is 25.2 Å². The molecule has 0 saturated heterocycles. The summed E-state index contributed by atoms with van der Waals surface area (Å²) < 4.78 is 0.717. The van der Waals surface area contributed by atoms with Gasteiger partial charge in [-0.05, 0) is 53.6 Å². The number of rotatable bonds is 2. The molecule has 1 fully saturated rings. The first kappa shape index (κ1) is 15.0. The van der Waals surface area contributed by atoms with Crippen LogP contribution in [0.4, 0.5) is 0 Å². The number of carbonyl (C=O) groups excluding carboxylic acids is 3. The predicted octanol–water partition coefficient (Wildman–Crippen LogP) is 0.984. The predicted molar refractivity (Wildman–Crippen MR) is 80.9 cm³/mol. The summed E-state index contributed by atoms with van der Waals surface area (Å²) in [5.41, 5.74) is 4.57. The lowest BCUT2D eigenvalue weighted by molar-refractivity contribution is -0.139. The molecule has 106 valence electrons. The van der Waals surface area contributed by atoms with Crippen LogP contribution in [0.25, 0.3) is 0 Å². The second kappa shape index (κ2) is 6.40. The van der Waals surface area contributed by atoms with Crippen molar-refractivity contribution in [3.05, 3.63) is 32.4 Å². The highest BCUT2D eigenvalue weighted by atomic mass is 127. The zero-order valence-corrected chi connectivity index (χ0v) is 13.1. The maximum Gasteiger partial charge on any atom is 0.327 e. The molecule has 8 heteroatoms. The van der Waals surface area contributed by atoms with E-state index >= 15 is 0 Å². The van der Waals surface area contributed by atoms with Gasteiger partial charge in [0.25, 0.3) is 5.91 Å². The topological polar surface area (TPSA) is 87.3 Å². The summed E-state index contributed by atoms with van der Waals surface area (Å²) >= 11 is 7.84. The molecule has 0 spiro atoms. The van der Waals surface area contributed by atoms with Gasteiger partial charge < -0.3 is 5.32 Å². The Kier molecular flexibility index (Phi) is 4.81. The number of hydrogen-bond donors (Lipinski definition) is 3. The van der Waals surface area contributed by atoms with E-state index in [0.717, 1.165) is 16.4 Å². The molecule has 2 rings (SSSR count). The van der Waals surface area contributed by atoms with Crippen molar-refractivity contribution >= 4 is 51.9 Å². The molecular formula is C12H11ClIN3O3. The van der Waals surface area contributed by atoms with Crippen LogP contribution >= 0.6 is 34.2 Å². The quantitative estimate of drug-likeness (QED) is 0.388. The van der Waals surface area contributed by atoms with Crippen molar-refractivity contribution < 1.29 is 14.4 Å². The van der Waals surface area contributed by atoms with Gasteiger partial charge in [0.1, 0.15) is 0 Å². The van der Waals surface area contributed by atoms with Crippen molar-refractivity contribution in [1.82, 2.24) is 16.2 Å². The number of hydrogen-bond acceptors (Lipinski definition) is 3. The van der Waals surface area contributed by atoms with E-state index in [4.69, 9.17) is 11.6 Å². The molecule has 1 saturated carbocycles. The second-order valence-electron chi connectivity index (χ2n) is 4.28. The first-order valence-corrected chi connectivity index (χ1v) is 7.29. The van der Waals surface area contributed by atoms with Crippen LogP contribution in [-0.4, -0.2) is 23.8 Å². The van der Waals surface area contributed by atoms with E-state index in [-0.39, 0.29) is 6.04 Å². The van der Waals surface area contributed by atoms with Crippen molar-refractivity contribution in [1.29, 1.82) is 0 Å². The maximum atomic E-state index is 11.8. The van der Waals surface area contributed by atoms with Crippen LogP contribution in [0.3, 0.4) is 0 Å². The fourth-order valence-corrected chi connectivity index (χ4v) is 1.99. The Hall–Kier alpha value is -1.35. The van der Waals surface area contributed by atoms with E-state index in [9.17, 15) is 14.4 Å². The minimum Gasteiger partial charge on any atom is -0.345 e. The van der Waals surface area contributed by atoms with Crippen LogP contribution in [0.5, 0.6) is 0 Å². The Morgan fingerprint density at radius 2 is 1.85 bits per heavy atom. The van der Waals surface area contributed by atoms with Gasteiger partial charge in [-0.15, -0.1) is 0 Å². The van der Waals surface area contributed by atoms with Crippen LogP contribution in [0, 0.1) is 3.57 Å². The number of amides is 3. The van der Waals surface area contributed by atoms with Gasteiger partial charge in [0.15, 0.2) is 0 Å². The van der Waals surface area contributed by atoms with Gasteiger partial charge in [0, 0.05) is 15.2 Å². The molecule has 20 heavy (non-hydrogen) atoms. The van der Waals surface area contributed by atoms with Crippen LogP contribution in [-0.2, 0) is 9.59 Å². The van der Waals surface area contributed by atoms with Gasteiger partial charge in [-0.1, -0.05) is 11.6 Å². The third-order valence-corrected chi connectivity index (χ3v) is 4.13. The van der Waals surface area contributed by atoms with E-state index in [1.54, 1.807) is 12.1 Å². The SMILES string of the molecule is O=C(NNC(=O)c1ccc(Cl)c(I)c1)C(=O)NC1CC1. The molecule has 0 heterocycles. The Bertz CT molecular complexity index is 575. The molecule has 3 amide bonds. The van der Waals surface area contributed by atoms with E-state index in [1.165, 1.54) is 6.07 Å². The summed E-state index contributed by atoms with van der Waals surface area (Å²) in [4.78, 5) is 34.5. The lowest BCUT2D eigenvalue weighted by Gasteiger charge is -2.08. The Labute approximate surface area is 133 Å². The molecular weight excluding hydrogens is 397 g/mol. The first-order valence-electron chi connectivity index (χ1n) is 5.83. The summed E-state index contributed by atoms with van der Waals surface area (Å²) in [7, 11) is 0. The molecule has 1 aliphatic carbocycles. The van der Waals surface area contributed by atoms with E-state index in [0.29, 0.717) is 10.6 Å². The summed E-state index contributed by atoms with van der Waals surface area (Å²) in [5.74, 6) is -2.17. The highest BCUT2D eigenvalue weighted by Crippen LogP contribution is 2.19. The van der Waals surface area contributed by atoms with Gasteiger partial charge in [0.2, 0.25) is 0 Å². The summed E-state index contributed by atoms with van der Waals surface area (Å²) in [5, 5.41) is 3.05. The molecule has 0 aliphatic heterocycles. The molecule has 0 atom stereocenters. The van der Waals surface area contributed by atoms with Crippen LogP contribution in [0.1, 0.15) is 23.2 Å². The fraction of sp³-hybridized carbons (Fsp3) is 0.250. The van der Waals surface area contributed by atoms with E-state index in [2.05, 4.69) is 16.2 Å². The summed E-state index contributed by atoms with van der Waals surface area (Å²) in [6.45, 7) is 0. The van der Waals surface area contributed by atoms with Crippen molar-refractivity contribution in [3.8, 4) is 0 Å². The molecule has 0 radical (unpaired) electrons. The Morgan fingerprint density at radius 1 is 1.15 bits per heavy atom. The molecule has 3 N–H and O–H groups in total. The number of nitrogens with one attached hydrogen (secondary N) is 3. The maximum absolute atomic E-state index is 11.8. The Morgan fingerprint density at radius 3 is 2.45 bits per heavy atom. The number of hydrazine groups is 1. The second-order valence-corrected chi connectivity index (χ2v) is 5.85. The Balaban J connectivity index is 1.86. The van der Waals surface area contributed by atoms with Gasteiger partial charge >= 0.3 is 11.8 Å². The fourth-order valence-electron chi connectivity index (χ4n) is 1.36. The summed E-state index contributed by atoms with van der Waals surface area (Å²) in [6.07, 6.45) is 1.77. The number of carbonyl (C=O) groups is 3. The lowest BCUT2D eigenvalue weighted by atomic mass is 10.2. The van der Waals surface area contributed by atoms with Gasteiger partial charge in [-0.25, -0.2) is 0 Å². The van der Waals surface area contributed by atoms with Crippen LogP contribution in [0.2, 0.25) is 5.02 Å². The highest BCUT2D eigenvalue weighted by Gasteiger charge is 2.26. The first-order chi connectivity index (χ1) is 9.47. The van der Waals surface area contributed by atoms with Crippen molar-refractivity contribution in [2.75, 3.05) is 0 Å². The largest absolute Gasteiger partial charge is 0.345 e. The third-order valence-electron chi connectivity index (χ3n) is 2.59. The van der Waals surface area contributed by atoms with Crippen LogP contribution in [0.15, 0.2) is 18.2 Å². The number of halogens is 2. The lowest BCUT2D eigenvalue weighted by Crippen LogP contribution is -2.49. The van der Waals surface area contributed by atoms with E-state index < -0.39 is 17.7 Å². The third kappa shape index (κ3) is 4.07. The molecule has 1 aliphatic rings. The van der Waals surface area contributed by atoms with Gasteiger partial charge in [0.05, 0.1) is 5.02 Å². The minimum absolute atomic E-state index is 0.0850. The molecule has 6 nitrogen and oxygen atoms in total. The zero-order chi connectivity index (χ0) is 14.7. The normalized spacial score (nSPS) is 13.5. The van der Waals surface area contributed by atoms with Crippen molar-refractivity contribution in [3.63, 3.8) is 0 Å². The standard InChI is InChI=1S/C12H11ClIN3O3/c13-8-4-1-6(5-9(8)14)10(18)16-17-12(20)11(19)15-7-2-3-7/h1,4-5,7H,2-3H2,(H,15,19)(H,16,18)(H,17,20). The number of benzene rings is 1. The molecule has 0 unspecified atom stereocenters. The molecule has 1 aromatic rings. The minimum atomic E-state index is -0.895. The van der Waals surface area contributed by atoms with E-state index in [1.807, 2.05) is 22.6 Å². The highest BCUT2D eigenvalue weighted by molar-refractivity contribution is 14.1. The summed E-state index contributed by atoms with van der Waals surface area (Å²) in [6, 6.07) is 4.77. The zero-order valence-electron chi connectivity index (χ0n) is 10.2. The molecule has 0 bridgehead atoms. The van der Waals surface area contributed by atoms with Crippen molar-refractivity contribution in [2.45, 2.75) is 18.9 Å². The van der Waals surface area contributed by atoms with Gasteiger partial charge in [-0.2, -0.15) is 0 Å².